The predicted octanol–water partition coefficient (Wildman–Crippen LogP) is 4.23. The summed E-state index contributed by atoms with van der Waals surface area (Å²) in [6, 6.07) is 0. The van der Waals surface area contributed by atoms with Crippen LogP contribution in [0, 0.1) is 0 Å². The number of rotatable bonds is 1. The maximum atomic E-state index is 5.25. The lowest BCUT2D eigenvalue weighted by Crippen LogP contribution is -1.75. The molecular formula is CHCl5P+. The fourth-order valence-corrected chi connectivity index (χ4v) is 0. The predicted molar refractivity (Wildman–Crippen MR) is 40.0 cm³/mol. The van der Waals surface area contributed by atoms with Crippen LogP contribution in [0.4, 0.5) is 0 Å². The third kappa shape index (κ3) is 4.39. The number of hydrogen-bond donors (Lipinski definition) is 0. The molecule has 0 saturated carbocycles. The molecule has 0 fully saturated rings. The Morgan fingerprint density at radius 1 is 1.00 bits per heavy atom. The molecule has 7 heavy (non-hydrogen) atoms. The van der Waals surface area contributed by atoms with Gasteiger partial charge in [-0.2, -0.15) is 0 Å². The van der Waals surface area contributed by atoms with Gasteiger partial charge in [-0.3, -0.25) is 0 Å². The first-order valence-corrected chi connectivity index (χ1v) is 6.65. The van der Waals surface area contributed by atoms with Gasteiger partial charge in [0.15, 0.2) is 0 Å². The summed E-state index contributed by atoms with van der Waals surface area (Å²) in [6.45, 7) is 0. The van der Waals surface area contributed by atoms with Crippen molar-refractivity contribution < 1.29 is 0 Å². The fraction of sp³-hybridized carbons (Fsp3) is 1.00. The summed E-state index contributed by atoms with van der Waals surface area (Å²) in [7, 11) is 0. The molecule has 0 aliphatic rings. The molecular weight excluding hydrogens is 220 g/mol. The van der Waals surface area contributed by atoms with Crippen LogP contribution >= 0.6 is 62.2 Å². The molecule has 0 unspecified atom stereocenters. The highest BCUT2D eigenvalue weighted by molar-refractivity contribution is 8.34. The van der Waals surface area contributed by atoms with Crippen LogP contribution in [-0.4, -0.2) is 4.58 Å². The van der Waals surface area contributed by atoms with Gasteiger partial charge >= 0.3 is 5.32 Å². The Labute approximate surface area is 66.7 Å². The summed E-state index contributed by atoms with van der Waals surface area (Å²) in [6.07, 6.45) is 0. The molecule has 0 amide bonds. The van der Waals surface area contributed by atoms with E-state index in [1.165, 1.54) is 0 Å². The van der Waals surface area contributed by atoms with Crippen LogP contribution in [0.5, 0.6) is 0 Å². The van der Waals surface area contributed by atoms with E-state index >= 15 is 0 Å². The Morgan fingerprint density at radius 2 is 1.14 bits per heavy atom. The number of halogens is 5. The maximum absolute atomic E-state index is 5.25. The van der Waals surface area contributed by atoms with E-state index in [1.807, 2.05) is 0 Å². The molecule has 0 bridgehead atoms. The van der Waals surface area contributed by atoms with Crippen molar-refractivity contribution in [3.63, 3.8) is 0 Å². The Kier molecular flexibility index (Phi) is 4.00. The second-order valence-electron chi connectivity index (χ2n) is 0.762. The molecule has 0 heterocycles. The Morgan fingerprint density at radius 3 is 1.14 bits per heavy atom. The van der Waals surface area contributed by atoms with E-state index in [1.54, 1.807) is 0 Å². The van der Waals surface area contributed by atoms with Crippen LogP contribution in [0.2, 0.25) is 0 Å². The highest BCUT2D eigenvalue weighted by Crippen LogP contribution is 2.79. The lowest BCUT2D eigenvalue weighted by molar-refractivity contribution is 1.98. The van der Waals surface area contributed by atoms with E-state index in [2.05, 4.69) is 0 Å². The van der Waals surface area contributed by atoms with E-state index < -0.39 is 9.90 Å². The van der Waals surface area contributed by atoms with Crippen LogP contribution in [-0.2, 0) is 0 Å². The average molecular weight is 221 g/mol. The summed E-state index contributed by atoms with van der Waals surface area (Å²) in [5, 5.41) is -2.54. The molecule has 0 aliphatic carbocycles. The van der Waals surface area contributed by atoms with Gasteiger partial charge in [-0.1, -0.05) is 23.2 Å². The summed E-state index contributed by atoms with van der Waals surface area (Å²) in [5.74, 6) is 0. The highest BCUT2D eigenvalue weighted by Gasteiger charge is 2.41. The van der Waals surface area contributed by atoms with Crippen molar-refractivity contribution in [2.75, 3.05) is 0 Å². The minimum absolute atomic E-state index is 0.850. The van der Waals surface area contributed by atoms with Gasteiger partial charge < -0.3 is 0 Å². The standard InChI is InChI=1S/CHCl5P/c2-1(3)7(4,5)6/h1H/q+1. The summed E-state index contributed by atoms with van der Waals surface area (Å²) >= 11 is 26.1. The molecule has 0 spiro atoms. The topological polar surface area (TPSA) is 0 Å². The molecule has 0 rings (SSSR count). The Balaban J connectivity index is 3.54. The summed E-state index contributed by atoms with van der Waals surface area (Å²) < 4.78 is -0.850. The van der Waals surface area contributed by atoms with Crippen LogP contribution in [0.3, 0.4) is 0 Å². The molecule has 0 N–H and O–H groups in total. The summed E-state index contributed by atoms with van der Waals surface area (Å²) in [4.78, 5) is 0. The average Bonchev–Trinajstić information content (AvgIpc) is 1.31. The quantitative estimate of drug-likeness (QED) is 0.459. The molecule has 0 saturated heterocycles. The highest BCUT2D eigenvalue weighted by atomic mass is 36.1. The van der Waals surface area contributed by atoms with Gasteiger partial charge in [0, 0.05) is 0 Å². The van der Waals surface area contributed by atoms with Crippen molar-refractivity contribution in [3.05, 3.63) is 0 Å². The second kappa shape index (κ2) is 3.15. The van der Waals surface area contributed by atoms with Gasteiger partial charge in [0.1, 0.15) is 33.7 Å². The number of alkyl halides is 2. The largest absolute Gasteiger partial charge is 0.340 e. The van der Waals surface area contributed by atoms with Crippen molar-refractivity contribution in [1.82, 2.24) is 0 Å². The van der Waals surface area contributed by atoms with E-state index in [0.717, 1.165) is 0 Å². The second-order valence-corrected chi connectivity index (χ2v) is 10.3. The third-order valence-corrected chi connectivity index (χ3v) is 5.98. The number of hydrogen-bond acceptors (Lipinski definition) is 0. The van der Waals surface area contributed by atoms with Gasteiger partial charge in [-0.15, -0.1) is 0 Å². The Bertz CT molecular complexity index is 53.6. The maximum Gasteiger partial charge on any atom is 0.340 e. The zero-order valence-electron chi connectivity index (χ0n) is 2.91. The van der Waals surface area contributed by atoms with Crippen molar-refractivity contribution in [3.8, 4) is 0 Å². The molecule has 0 atom stereocenters. The lowest BCUT2D eigenvalue weighted by atomic mass is 11.9. The minimum atomic E-state index is -2.54. The van der Waals surface area contributed by atoms with Crippen molar-refractivity contribution in [2.24, 2.45) is 0 Å². The third-order valence-electron chi connectivity index (χ3n) is 0.221. The van der Waals surface area contributed by atoms with Crippen molar-refractivity contribution >= 4 is 62.2 Å². The van der Waals surface area contributed by atoms with Crippen LogP contribution < -0.4 is 0 Å². The fourth-order valence-electron chi connectivity index (χ4n) is 0. The SMILES string of the molecule is ClC(Cl)[P+](Cl)(Cl)Cl. The molecule has 0 aliphatic heterocycles. The van der Waals surface area contributed by atoms with Gasteiger partial charge in [-0.25, -0.2) is 0 Å². The molecule has 0 aromatic rings. The zero-order chi connectivity index (χ0) is 6.08. The first-order valence-electron chi connectivity index (χ1n) is 1.20. The Hall–Kier alpha value is 1.88. The van der Waals surface area contributed by atoms with Gasteiger partial charge in [0.2, 0.25) is 0 Å². The molecule has 0 aromatic heterocycles. The van der Waals surface area contributed by atoms with Gasteiger partial charge in [0.05, 0.1) is 0 Å². The van der Waals surface area contributed by atoms with Crippen molar-refractivity contribution in [2.45, 2.75) is 4.58 Å². The normalized spacial score (nSPS) is 12.9. The molecule has 0 nitrogen and oxygen atoms in total. The van der Waals surface area contributed by atoms with E-state index in [0.29, 0.717) is 0 Å². The zero-order valence-corrected chi connectivity index (χ0v) is 7.59. The first kappa shape index (κ1) is 8.88. The molecule has 44 valence electrons. The van der Waals surface area contributed by atoms with Gasteiger partial charge in [-0.05, 0) is 0 Å². The van der Waals surface area contributed by atoms with Crippen LogP contribution in [0.15, 0.2) is 0 Å². The molecule has 0 radical (unpaired) electrons. The minimum Gasteiger partial charge on any atom is -0.0563 e. The van der Waals surface area contributed by atoms with Crippen LogP contribution in [0.25, 0.3) is 0 Å². The van der Waals surface area contributed by atoms with Crippen LogP contribution in [0.1, 0.15) is 0 Å². The van der Waals surface area contributed by atoms with Crippen molar-refractivity contribution in [1.29, 1.82) is 0 Å². The monoisotopic (exact) mass is 219 g/mol. The first-order chi connectivity index (χ1) is 2.94. The summed E-state index contributed by atoms with van der Waals surface area (Å²) in [5.41, 5.74) is 0. The van der Waals surface area contributed by atoms with E-state index in [4.69, 9.17) is 56.9 Å². The smallest absolute Gasteiger partial charge is 0.0563 e. The molecule has 6 heteroatoms. The lowest BCUT2D eigenvalue weighted by Gasteiger charge is -1.95. The van der Waals surface area contributed by atoms with E-state index in [9.17, 15) is 0 Å². The molecule has 0 aromatic carbocycles. The van der Waals surface area contributed by atoms with Gasteiger partial charge in [0.25, 0.3) is 4.58 Å². The van der Waals surface area contributed by atoms with E-state index in [-0.39, 0.29) is 0 Å².